The normalized spacial score (nSPS) is 15.3. The molecule has 1 atom stereocenters. The fraction of sp³-hybridized carbons (Fsp3) is 0.300. The monoisotopic (exact) mass is 612 g/mol. The number of aryl methyl sites for hydroxylation is 1. The van der Waals surface area contributed by atoms with Gasteiger partial charge in [-0.05, 0) is 68.9 Å². The Morgan fingerprint density at radius 2 is 1.86 bits per heavy atom. The number of likely N-dealkylation sites (N-methyl/N-ethyl adjacent to an activating group) is 1. The van der Waals surface area contributed by atoms with Crippen LogP contribution in [0.2, 0.25) is 0 Å². The molecular formula is C30H32ClF3N8O. The van der Waals surface area contributed by atoms with E-state index in [9.17, 15) is 18.0 Å². The van der Waals surface area contributed by atoms with Gasteiger partial charge in [0, 0.05) is 66.8 Å². The van der Waals surface area contributed by atoms with Crippen LogP contribution >= 0.6 is 12.4 Å². The number of amides is 1. The summed E-state index contributed by atoms with van der Waals surface area (Å²) in [5.41, 5.74) is 2.51. The highest BCUT2D eigenvalue weighted by Gasteiger charge is 2.35. The first-order valence-corrected chi connectivity index (χ1v) is 13.4. The number of aromatic nitrogens is 4. The van der Waals surface area contributed by atoms with Gasteiger partial charge in [0.2, 0.25) is 5.95 Å². The molecule has 0 bridgehead atoms. The van der Waals surface area contributed by atoms with Gasteiger partial charge in [0.1, 0.15) is 6.33 Å². The van der Waals surface area contributed by atoms with E-state index in [1.54, 1.807) is 42.9 Å². The summed E-state index contributed by atoms with van der Waals surface area (Å²) in [7, 11) is 3.96. The molecule has 0 spiro atoms. The van der Waals surface area contributed by atoms with Crippen LogP contribution in [0.1, 0.15) is 33.5 Å². The van der Waals surface area contributed by atoms with Crippen LogP contribution in [0.15, 0.2) is 67.4 Å². The predicted octanol–water partition coefficient (Wildman–Crippen LogP) is 5.81. The Kier molecular flexibility index (Phi) is 9.95. The van der Waals surface area contributed by atoms with Crippen LogP contribution in [0, 0.1) is 6.92 Å². The first kappa shape index (κ1) is 31.8. The Morgan fingerprint density at radius 1 is 1.09 bits per heavy atom. The molecule has 13 heteroatoms. The first-order chi connectivity index (χ1) is 20.1. The van der Waals surface area contributed by atoms with E-state index in [-0.39, 0.29) is 35.8 Å². The molecule has 1 saturated heterocycles. The summed E-state index contributed by atoms with van der Waals surface area (Å²) < 4.78 is 42.1. The number of carbonyl (C=O) groups is 1. The summed E-state index contributed by atoms with van der Waals surface area (Å²) in [6.07, 6.45) is 2.65. The number of carbonyl (C=O) groups excluding carboxylic acids is 1. The molecule has 0 unspecified atom stereocenters. The van der Waals surface area contributed by atoms with Gasteiger partial charge in [-0.1, -0.05) is 12.1 Å². The lowest BCUT2D eigenvalue weighted by molar-refractivity contribution is -0.138. The van der Waals surface area contributed by atoms with Gasteiger partial charge in [0.05, 0.1) is 11.3 Å². The Hall–Kier alpha value is -4.13. The lowest BCUT2D eigenvalue weighted by atomic mass is 10.0. The molecule has 43 heavy (non-hydrogen) atoms. The van der Waals surface area contributed by atoms with Crippen molar-refractivity contribution in [3.63, 3.8) is 0 Å². The fourth-order valence-electron chi connectivity index (χ4n) is 4.91. The number of hydrogen-bond donors (Lipinski definition) is 2. The van der Waals surface area contributed by atoms with Crippen LogP contribution in [0.5, 0.6) is 0 Å². The van der Waals surface area contributed by atoms with Crippen molar-refractivity contribution in [3.8, 4) is 11.3 Å². The number of nitrogens with zero attached hydrogens (tertiary/aromatic N) is 6. The zero-order valence-corrected chi connectivity index (χ0v) is 24.7. The van der Waals surface area contributed by atoms with Crippen molar-refractivity contribution in [2.45, 2.75) is 32.1 Å². The highest BCUT2D eigenvalue weighted by Crippen LogP contribution is 2.35. The summed E-state index contributed by atoms with van der Waals surface area (Å²) in [6, 6.07) is 11.0. The Labute approximate surface area is 254 Å². The maximum absolute atomic E-state index is 14.0. The predicted molar refractivity (Wildman–Crippen MR) is 162 cm³/mol. The van der Waals surface area contributed by atoms with Crippen molar-refractivity contribution < 1.29 is 18.0 Å². The van der Waals surface area contributed by atoms with Crippen LogP contribution in [0.3, 0.4) is 0 Å². The lowest BCUT2D eigenvalue weighted by Crippen LogP contribution is -2.31. The molecule has 1 fully saturated rings. The molecule has 0 aliphatic carbocycles. The molecule has 1 aliphatic heterocycles. The van der Waals surface area contributed by atoms with Crippen LogP contribution in [0.4, 0.5) is 30.5 Å². The minimum absolute atomic E-state index is 0. The first-order valence-electron chi connectivity index (χ1n) is 13.4. The van der Waals surface area contributed by atoms with Crippen LogP contribution in [0.25, 0.3) is 11.3 Å². The quantitative estimate of drug-likeness (QED) is 0.257. The summed E-state index contributed by atoms with van der Waals surface area (Å²) >= 11 is 0. The number of alkyl halides is 3. The number of anilines is 3. The van der Waals surface area contributed by atoms with E-state index in [2.05, 4.69) is 35.5 Å². The van der Waals surface area contributed by atoms with Crippen molar-refractivity contribution >= 4 is 35.6 Å². The van der Waals surface area contributed by atoms with Gasteiger partial charge < -0.3 is 15.5 Å². The second kappa shape index (κ2) is 13.4. The van der Waals surface area contributed by atoms with E-state index in [4.69, 9.17) is 0 Å². The van der Waals surface area contributed by atoms with Gasteiger partial charge in [0.15, 0.2) is 0 Å². The topological polar surface area (TPSA) is 99.2 Å². The van der Waals surface area contributed by atoms with Crippen molar-refractivity contribution in [3.05, 3.63) is 89.6 Å². The van der Waals surface area contributed by atoms with E-state index < -0.39 is 17.6 Å². The number of benzene rings is 2. The third-order valence-corrected chi connectivity index (χ3v) is 7.30. The molecule has 3 heterocycles. The molecule has 1 amide bonds. The van der Waals surface area contributed by atoms with Crippen molar-refractivity contribution in [2.75, 3.05) is 37.8 Å². The molecule has 2 N–H and O–H groups in total. The van der Waals surface area contributed by atoms with Gasteiger partial charge >= 0.3 is 6.18 Å². The van der Waals surface area contributed by atoms with Crippen molar-refractivity contribution in [1.29, 1.82) is 0 Å². The molecular weight excluding hydrogens is 581 g/mol. The highest BCUT2D eigenvalue weighted by atomic mass is 35.5. The van der Waals surface area contributed by atoms with Crippen molar-refractivity contribution in [1.82, 2.24) is 29.7 Å². The van der Waals surface area contributed by atoms with Crippen molar-refractivity contribution in [2.24, 2.45) is 0 Å². The largest absolute Gasteiger partial charge is 0.416 e. The summed E-state index contributed by atoms with van der Waals surface area (Å²) in [6.45, 7) is 3.50. The molecule has 2 aromatic heterocycles. The molecule has 2 aromatic carbocycles. The molecule has 0 radical (unpaired) electrons. The molecule has 1 aliphatic rings. The van der Waals surface area contributed by atoms with E-state index in [0.717, 1.165) is 30.2 Å². The van der Waals surface area contributed by atoms with Crippen LogP contribution < -0.4 is 10.6 Å². The van der Waals surface area contributed by atoms with Crippen LogP contribution in [-0.2, 0) is 12.7 Å². The maximum atomic E-state index is 14.0. The Morgan fingerprint density at radius 3 is 2.56 bits per heavy atom. The van der Waals surface area contributed by atoms with E-state index >= 15 is 0 Å². The zero-order valence-electron chi connectivity index (χ0n) is 23.9. The molecule has 9 nitrogen and oxygen atoms in total. The molecule has 226 valence electrons. The standard InChI is InChI=1S/C30H31F3N8O.ClH/c1-19-4-5-20(12-27(19)39-29-36-10-8-26(38-29)22-14-34-18-35-15-22)28(42)37-23-7-6-21(25(13-23)30(31,32)33)16-41-11-9-24(17-41)40(2)3;/h4-8,10,12-15,18,24H,9,11,16-17H2,1-3H3,(H,37,42)(H,36,38,39);1H/t24-;/m0./s1. The van der Waals surface area contributed by atoms with E-state index in [0.29, 0.717) is 29.9 Å². The number of likely N-dealkylation sites (tertiary alicyclic amines) is 1. The average molecular weight is 613 g/mol. The number of hydrogen-bond acceptors (Lipinski definition) is 8. The van der Waals surface area contributed by atoms with Gasteiger partial charge in [-0.3, -0.25) is 9.69 Å². The molecule has 5 rings (SSSR count). The summed E-state index contributed by atoms with van der Waals surface area (Å²) in [5, 5.41) is 5.75. The fourth-order valence-corrected chi connectivity index (χ4v) is 4.91. The highest BCUT2D eigenvalue weighted by molar-refractivity contribution is 6.05. The van der Waals surface area contributed by atoms with Crippen LogP contribution in [-0.4, -0.2) is 68.9 Å². The second-order valence-corrected chi connectivity index (χ2v) is 10.5. The summed E-state index contributed by atoms with van der Waals surface area (Å²) in [5.74, 6) is -0.235. The SMILES string of the molecule is Cc1ccc(C(=O)Nc2ccc(CN3CC[C@H](N(C)C)C3)c(C(F)(F)F)c2)cc1Nc1nccc(-c2cncnc2)n1.Cl. The van der Waals surface area contributed by atoms with E-state index in [1.807, 2.05) is 25.9 Å². The molecule has 0 saturated carbocycles. The van der Waals surface area contributed by atoms with Gasteiger partial charge in [-0.2, -0.15) is 13.2 Å². The third-order valence-electron chi connectivity index (χ3n) is 7.30. The number of rotatable bonds is 8. The van der Waals surface area contributed by atoms with Gasteiger partial charge in [-0.25, -0.2) is 19.9 Å². The third kappa shape index (κ3) is 7.83. The second-order valence-electron chi connectivity index (χ2n) is 10.5. The smallest absolute Gasteiger partial charge is 0.324 e. The van der Waals surface area contributed by atoms with E-state index in [1.165, 1.54) is 18.5 Å². The average Bonchev–Trinajstić information content (AvgIpc) is 3.44. The minimum Gasteiger partial charge on any atom is -0.324 e. The minimum atomic E-state index is -4.56. The van der Waals surface area contributed by atoms with Gasteiger partial charge in [-0.15, -0.1) is 12.4 Å². The van der Waals surface area contributed by atoms with Gasteiger partial charge in [0.25, 0.3) is 5.91 Å². The summed E-state index contributed by atoms with van der Waals surface area (Å²) in [4.78, 5) is 34.0. The number of halogens is 4. The Balaban J connectivity index is 0.00000423. The number of nitrogens with one attached hydrogen (secondary N) is 2. The zero-order chi connectivity index (χ0) is 29.9. The maximum Gasteiger partial charge on any atom is 0.416 e. The lowest BCUT2D eigenvalue weighted by Gasteiger charge is -2.22. The Bertz CT molecular complexity index is 1570. The molecule has 4 aromatic rings.